The molecule has 0 aliphatic heterocycles. The largest absolute Gasteiger partial charge is 0.507 e. The lowest BCUT2D eigenvalue weighted by Crippen LogP contribution is -2.00. The van der Waals surface area contributed by atoms with Gasteiger partial charge in [0.25, 0.3) is 0 Å². The number of phenolic OH excluding ortho intramolecular Hbond substituents is 1. The van der Waals surface area contributed by atoms with E-state index in [1.165, 1.54) is 32.4 Å². The first kappa shape index (κ1) is 17.2. The molecule has 0 bridgehead atoms. The van der Waals surface area contributed by atoms with Crippen molar-refractivity contribution in [2.24, 2.45) is 0 Å². The van der Waals surface area contributed by atoms with Gasteiger partial charge in [0.05, 0.1) is 14.2 Å². The number of halogens is 2. The van der Waals surface area contributed by atoms with E-state index in [9.17, 15) is 9.90 Å². The van der Waals surface area contributed by atoms with E-state index in [0.717, 1.165) is 0 Å². The van der Waals surface area contributed by atoms with Crippen LogP contribution >= 0.6 is 23.2 Å². The van der Waals surface area contributed by atoms with Crippen LogP contribution in [-0.4, -0.2) is 25.1 Å². The molecule has 2 rings (SSSR count). The van der Waals surface area contributed by atoms with E-state index in [-0.39, 0.29) is 17.1 Å². The molecule has 4 nitrogen and oxygen atoms in total. The fourth-order valence-electron chi connectivity index (χ4n) is 2.03. The Morgan fingerprint density at radius 2 is 1.70 bits per heavy atom. The predicted octanol–water partition coefficient (Wildman–Crippen LogP) is 4.61. The third kappa shape index (κ3) is 4.18. The van der Waals surface area contributed by atoms with Crippen molar-refractivity contribution in [2.45, 2.75) is 0 Å². The highest BCUT2D eigenvalue weighted by Gasteiger charge is 2.17. The van der Waals surface area contributed by atoms with Gasteiger partial charge in [0.2, 0.25) is 0 Å². The van der Waals surface area contributed by atoms with E-state index in [0.29, 0.717) is 21.4 Å². The summed E-state index contributed by atoms with van der Waals surface area (Å²) in [6.07, 6.45) is 2.87. The Balaban J connectivity index is 2.35. The number of hydrogen-bond acceptors (Lipinski definition) is 4. The van der Waals surface area contributed by atoms with Gasteiger partial charge < -0.3 is 14.6 Å². The van der Waals surface area contributed by atoms with Crippen molar-refractivity contribution in [3.05, 3.63) is 57.6 Å². The van der Waals surface area contributed by atoms with Crippen molar-refractivity contribution in [1.29, 1.82) is 0 Å². The number of benzene rings is 2. The van der Waals surface area contributed by atoms with E-state index in [4.69, 9.17) is 32.7 Å². The van der Waals surface area contributed by atoms with E-state index < -0.39 is 5.78 Å². The maximum absolute atomic E-state index is 12.4. The van der Waals surface area contributed by atoms with Crippen LogP contribution in [0.25, 0.3) is 6.08 Å². The molecular weight excluding hydrogens is 339 g/mol. The molecule has 1 N–H and O–H groups in total. The molecule has 0 aliphatic carbocycles. The maximum Gasteiger partial charge on any atom is 0.193 e. The smallest absolute Gasteiger partial charge is 0.193 e. The second kappa shape index (κ2) is 7.40. The van der Waals surface area contributed by atoms with Crippen molar-refractivity contribution < 1.29 is 19.4 Å². The van der Waals surface area contributed by atoms with E-state index in [2.05, 4.69) is 0 Å². The first-order chi connectivity index (χ1) is 10.9. The van der Waals surface area contributed by atoms with Gasteiger partial charge >= 0.3 is 0 Å². The highest BCUT2D eigenvalue weighted by Crippen LogP contribution is 2.34. The Kier molecular flexibility index (Phi) is 5.53. The number of carbonyl (C=O) groups excluding carboxylic acids is 1. The fourth-order valence-corrected chi connectivity index (χ4v) is 2.57. The third-order valence-corrected chi connectivity index (χ3v) is 3.51. The van der Waals surface area contributed by atoms with Crippen LogP contribution in [0.3, 0.4) is 0 Å². The Hall–Kier alpha value is -2.17. The highest BCUT2D eigenvalue weighted by molar-refractivity contribution is 6.34. The summed E-state index contributed by atoms with van der Waals surface area (Å²) in [5, 5.41) is 11.0. The Morgan fingerprint density at radius 3 is 2.26 bits per heavy atom. The average molecular weight is 353 g/mol. The van der Waals surface area contributed by atoms with Crippen LogP contribution in [0.15, 0.2) is 36.4 Å². The number of allylic oxidation sites excluding steroid dienone is 1. The van der Waals surface area contributed by atoms with Gasteiger partial charge in [-0.15, -0.1) is 0 Å². The summed E-state index contributed by atoms with van der Waals surface area (Å²) < 4.78 is 10.2. The fraction of sp³-hybridized carbons (Fsp3) is 0.118. The highest BCUT2D eigenvalue weighted by atomic mass is 35.5. The van der Waals surface area contributed by atoms with Crippen LogP contribution in [0, 0.1) is 0 Å². The van der Waals surface area contributed by atoms with Gasteiger partial charge in [-0.2, -0.15) is 0 Å². The number of carbonyl (C=O) groups is 1. The molecule has 0 radical (unpaired) electrons. The van der Waals surface area contributed by atoms with Crippen molar-refractivity contribution in [3.8, 4) is 17.2 Å². The predicted molar refractivity (Wildman–Crippen MR) is 91.0 cm³/mol. The molecule has 0 saturated heterocycles. The second-order valence-corrected chi connectivity index (χ2v) is 5.50. The Labute approximate surface area is 143 Å². The molecule has 0 saturated carbocycles. The van der Waals surface area contributed by atoms with Crippen LogP contribution in [0.4, 0.5) is 0 Å². The topological polar surface area (TPSA) is 55.8 Å². The molecule has 0 amide bonds. The quantitative estimate of drug-likeness (QED) is 0.630. The molecule has 0 heterocycles. The molecule has 6 heteroatoms. The summed E-state index contributed by atoms with van der Waals surface area (Å²) in [7, 11) is 2.87. The van der Waals surface area contributed by atoms with Crippen LogP contribution in [0.2, 0.25) is 10.0 Å². The van der Waals surface area contributed by atoms with Gasteiger partial charge in [0, 0.05) is 22.2 Å². The molecule has 0 aromatic heterocycles. The number of ether oxygens (including phenoxy) is 2. The number of hydrogen-bond donors (Lipinski definition) is 1. The molecule has 0 aliphatic rings. The summed E-state index contributed by atoms with van der Waals surface area (Å²) in [5.41, 5.74) is 0.723. The van der Waals surface area contributed by atoms with E-state index >= 15 is 0 Å². The summed E-state index contributed by atoms with van der Waals surface area (Å²) in [6, 6.07) is 7.81. The van der Waals surface area contributed by atoms with Gasteiger partial charge in [-0.05, 0) is 29.8 Å². The molecule has 0 unspecified atom stereocenters. The zero-order valence-electron chi connectivity index (χ0n) is 12.5. The SMILES string of the molecule is COc1cc(O)c(C(=O)/C=C/c2cc(Cl)cc(Cl)c2)c(OC)c1. The van der Waals surface area contributed by atoms with Crippen molar-refractivity contribution >= 4 is 35.1 Å². The first-order valence-corrected chi connectivity index (χ1v) is 7.33. The third-order valence-electron chi connectivity index (χ3n) is 3.07. The zero-order valence-corrected chi connectivity index (χ0v) is 14.0. The lowest BCUT2D eigenvalue weighted by Gasteiger charge is -2.10. The van der Waals surface area contributed by atoms with Crippen LogP contribution in [-0.2, 0) is 0 Å². The molecule has 0 fully saturated rings. The molecule has 0 atom stereocenters. The van der Waals surface area contributed by atoms with Gasteiger partial charge in [0.15, 0.2) is 5.78 Å². The lowest BCUT2D eigenvalue weighted by atomic mass is 10.1. The van der Waals surface area contributed by atoms with Crippen LogP contribution < -0.4 is 9.47 Å². The minimum absolute atomic E-state index is 0.0534. The first-order valence-electron chi connectivity index (χ1n) is 6.58. The van der Waals surface area contributed by atoms with Gasteiger partial charge in [-0.1, -0.05) is 29.3 Å². The van der Waals surface area contributed by atoms with E-state index in [1.54, 1.807) is 24.3 Å². The monoisotopic (exact) mass is 352 g/mol. The van der Waals surface area contributed by atoms with Crippen molar-refractivity contribution in [1.82, 2.24) is 0 Å². The summed E-state index contributed by atoms with van der Waals surface area (Å²) >= 11 is 11.8. The zero-order chi connectivity index (χ0) is 17.0. The average Bonchev–Trinajstić information content (AvgIpc) is 2.50. The molecular formula is C17H14Cl2O4. The van der Waals surface area contributed by atoms with Crippen molar-refractivity contribution in [3.63, 3.8) is 0 Å². The van der Waals surface area contributed by atoms with Gasteiger partial charge in [0.1, 0.15) is 22.8 Å². The molecule has 120 valence electrons. The number of methoxy groups -OCH3 is 2. The van der Waals surface area contributed by atoms with Crippen LogP contribution in [0.1, 0.15) is 15.9 Å². The van der Waals surface area contributed by atoms with Gasteiger partial charge in [-0.25, -0.2) is 0 Å². The number of rotatable bonds is 5. The molecule has 2 aromatic rings. The second-order valence-electron chi connectivity index (χ2n) is 4.62. The number of phenols is 1. The van der Waals surface area contributed by atoms with Crippen molar-refractivity contribution in [2.75, 3.05) is 14.2 Å². The standard InChI is InChI=1S/C17H14Cl2O4/c1-22-13-8-15(21)17(16(9-13)23-2)14(20)4-3-10-5-11(18)7-12(19)6-10/h3-9,21H,1-2H3/b4-3+. The molecule has 23 heavy (non-hydrogen) atoms. The molecule has 2 aromatic carbocycles. The Morgan fingerprint density at radius 1 is 1.04 bits per heavy atom. The minimum atomic E-state index is -0.418. The van der Waals surface area contributed by atoms with Crippen LogP contribution in [0.5, 0.6) is 17.2 Å². The number of ketones is 1. The minimum Gasteiger partial charge on any atom is -0.507 e. The van der Waals surface area contributed by atoms with E-state index in [1.807, 2.05) is 0 Å². The summed E-state index contributed by atoms with van der Waals surface area (Å²) in [4.78, 5) is 12.4. The lowest BCUT2D eigenvalue weighted by molar-refractivity contribution is 0.104. The van der Waals surface area contributed by atoms with Gasteiger partial charge in [-0.3, -0.25) is 4.79 Å². The summed E-state index contributed by atoms with van der Waals surface area (Å²) in [6.45, 7) is 0. The summed E-state index contributed by atoms with van der Waals surface area (Å²) in [5.74, 6) is -0.0276. The Bertz CT molecular complexity index is 749. The maximum atomic E-state index is 12.4. The normalized spacial score (nSPS) is 10.8. The number of aromatic hydroxyl groups is 1. The molecule has 0 spiro atoms.